The van der Waals surface area contributed by atoms with E-state index >= 15 is 0 Å². The number of hydrogen-bond acceptors (Lipinski definition) is 4. The maximum atomic E-state index is 5.90. The van der Waals surface area contributed by atoms with Gasteiger partial charge in [0, 0.05) is 38.0 Å². The standard InChI is InChI=1S/C15H26N2O2/c1-5-12(2)17(6-7-18-3)11-13-8-14(16)10-15(9-13)19-4/h8-10,12H,5-7,11,16H2,1-4H3. The lowest BCUT2D eigenvalue weighted by atomic mass is 10.1. The van der Waals surface area contributed by atoms with Gasteiger partial charge in [0.05, 0.1) is 13.7 Å². The number of anilines is 1. The van der Waals surface area contributed by atoms with E-state index in [4.69, 9.17) is 15.2 Å². The molecule has 19 heavy (non-hydrogen) atoms. The molecule has 0 aliphatic carbocycles. The van der Waals surface area contributed by atoms with E-state index in [2.05, 4.69) is 18.7 Å². The van der Waals surface area contributed by atoms with Crippen LogP contribution in [0, 0.1) is 0 Å². The molecule has 0 bridgehead atoms. The maximum absolute atomic E-state index is 5.90. The average molecular weight is 266 g/mol. The highest BCUT2D eigenvalue weighted by Gasteiger charge is 2.13. The maximum Gasteiger partial charge on any atom is 0.121 e. The lowest BCUT2D eigenvalue weighted by molar-refractivity contribution is 0.118. The molecule has 4 heteroatoms. The van der Waals surface area contributed by atoms with E-state index in [1.807, 2.05) is 18.2 Å². The molecule has 1 aromatic carbocycles. The summed E-state index contributed by atoms with van der Waals surface area (Å²) in [5.74, 6) is 0.811. The second-order valence-corrected chi connectivity index (χ2v) is 4.83. The van der Waals surface area contributed by atoms with Crippen molar-refractivity contribution >= 4 is 5.69 Å². The highest BCUT2D eigenvalue weighted by atomic mass is 16.5. The largest absolute Gasteiger partial charge is 0.497 e. The highest BCUT2D eigenvalue weighted by molar-refractivity contribution is 5.47. The Morgan fingerprint density at radius 3 is 2.58 bits per heavy atom. The van der Waals surface area contributed by atoms with Gasteiger partial charge in [-0.05, 0) is 31.0 Å². The van der Waals surface area contributed by atoms with Crippen LogP contribution in [0.1, 0.15) is 25.8 Å². The summed E-state index contributed by atoms with van der Waals surface area (Å²) in [6, 6.07) is 6.40. The first-order valence-corrected chi connectivity index (χ1v) is 6.77. The smallest absolute Gasteiger partial charge is 0.121 e. The van der Waals surface area contributed by atoms with Gasteiger partial charge >= 0.3 is 0 Å². The lowest BCUT2D eigenvalue weighted by Crippen LogP contribution is -2.34. The second-order valence-electron chi connectivity index (χ2n) is 4.83. The summed E-state index contributed by atoms with van der Waals surface area (Å²) in [6.45, 7) is 6.95. The molecule has 1 aromatic rings. The zero-order chi connectivity index (χ0) is 14.3. The van der Waals surface area contributed by atoms with Crippen molar-refractivity contribution in [2.75, 3.05) is 33.1 Å². The Kier molecular flexibility index (Phi) is 6.67. The molecule has 0 aliphatic rings. The molecule has 0 radical (unpaired) electrons. The Morgan fingerprint density at radius 1 is 1.26 bits per heavy atom. The Balaban J connectivity index is 2.79. The topological polar surface area (TPSA) is 47.7 Å². The van der Waals surface area contributed by atoms with Crippen molar-refractivity contribution in [3.63, 3.8) is 0 Å². The van der Waals surface area contributed by atoms with E-state index in [1.54, 1.807) is 14.2 Å². The summed E-state index contributed by atoms with van der Waals surface area (Å²) in [5.41, 5.74) is 7.81. The van der Waals surface area contributed by atoms with Crippen LogP contribution in [0.25, 0.3) is 0 Å². The van der Waals surface area contributed by atoms with Crippen LogP contribution in [0.3, 0.4) is 0 Å². The molecule has 0 spiro atoms. The van der Waals surface area contributed by atoms with Crippen LogP contribution in [0.5, 0.6) is 5.75 Å². The molecule has 0 saturated heterocycles. The number of hydrogen-bond donors (Lipinski definition) is 1. The fourth-order valence-electron chi connectivity index (χ4n) is 2.05. The number of nitrogen functional groups attached to an aromatic ring is 1. The van der Waals surface area contributed by atoms with E-state index < -0.39 is 0 Å². The summed E-state index contributed by atoms with van der Waals surface area (Å²) in [5, 5.41) is 0. The molecule has 108 valence electrons. The van der Waals surface area contributed by atoms with Gasteiger partial charge in [-0.2, -0.15) is 0 Å². The SMILES string of the molecule is CCC(C)N(CCOC)Cc1cc(N)cc(OC)c1. The Labute approximate surface area is 116 Å². The molecule has 2 N–H and O–H groups in total. The van der Waals surface area contributed by atoms with Crippen molar-refractivity contribution in [1.29, 1.82) is 0 Å². The average Bonchev–Trinajstić information content (AvgIpc) is 2.41. The molecule has 1 unspecified atom stereocenters. The molecule has 0 fully saturated rings. The van der Waals surface area contributed by atoms with Crippen LogP contribution in [-0.4, -0.2) is 38.3 Å². The first kappa shape index (κ1) is 15.8. The summed E-state index contributed by atoms with van der Waals surface area (Å²) in [4.78, 5) is 2.40. The van der Waals surface area contributed by atoms with Gasteiger partial charge in [-0.15, -0.1) is 0 Å². The fraction of sp³-hybridized carbons (Fsp3) is 0.600. The van der Waals surface area contributed by atoms with Gasteiger partial charge in [0.15, 0.2) is 0 Å². The Bertz CT molecular complexity index is 382. The zero-order valence-electron chi connectivity index (χ0n) is 12.5. The zero-order valence-corrected chi connectivity index (χ0v) is 12.5. The summed E-state index contributed by atoms with van der Waals surface area (Å²) >= 11 is 0. The van der Waals surface area contributed by atoms with Gasteiger partial charge in [-0.1, -0.05) is 6.92 Å². The van der Waals surface area contributed by atoms with Gasteiger partial charge in [0.1, 0.15) is 5.75 Å². The minimum Gasteiger partial charge on any atom is -0.497 e. The molecule has 1 atom stereocenters. The van der Waals surface area contributed by atoms with Crippen molar-refractivity contribution in [2.45, 2.75) is 32.9 Å². The number of rotatable bonds is 8. The van der Waals surface area contributed by atoms with Crippen LogP contribution in [0.4, 0.5) is 5.69 Å². The Hall–Kier alpha value is -1.26. The number of benzene rings is 1. The molecule has 1 rings (SSSR count). The van der Waals surface area contributed by atoms with Crippen LogP contribution in [0.15, 0.2) is 18.2 Å². The second kappa shape index (κ2) is 8.02. The normalized spacial score (nSPS) is 12.7. The van der Waals surface area contributed by atoms with E-state index in [0.29, 0.717) is 6.04 Å². The number of nitrogens with zero attached hydrogens (tertiary/aromatic N) is 1. The van der Waals surface area contributed by atoms with E-state index in [0.717, 1.165) is 37.6 Å². The Morgan fingerprint density at radius 2 is 2.00 bits per heavy atom. The van der Waals surface area contributed by atoms with Gasteiger partial charge in [0.2, 0.25) is 0 Å². The van der Waals surface area contributed by atoms with Crippen LogP contribution in [0.2, 0.25) is 0 Å². The molecule has 0 aromatic heterocycles. The molecule has 4 nitrogen and oxygen atoms in total. The minimum absolute atomic E-state index is 0.516. The predicted molar refractivity (Wildman–Crippen MR) is 79.4 cm³/mol. The van der Waals surface area contributed by atoms with Gasteiger partial charge in [0.25, 0.3) is 0 Å². The van der Waals surface area contributed by atoms with Crippen LogP contribution < -0.4 is 10.5 Å². The summed E-state index contributed by atoms with van der Waals surface area (Å²) in [6.07, 6.45) is 1.11. The number of nitrogens with two attached hydrogens (primary N) is 1. The lowest BCUT2D eigenvalue weighted by Gasteiger charge is -2.28. The van der Waals surface area contributed by atoms with Crippen molar-refractivity contribution in [1.82, 2.24) is 4.90 Å². The number of methoxy groups -OCH3 is 2. The van der Waals surface area contributed by atoms with Gasteiger partial charge in [-0.3, -0.25) is 4.90 Å². The van der Waals surface area contributed by atoms with Crippen molar-refractivity contribution < 1.29 is 9.47 Å². The van der Waals surface area contributed by atoms with Crippen molar-refractivity contribution in [2.24, 2.45) is 0 Å². The van der Waals surface area contributed by atoms with Gasteiger partial charge in [-0.25, -0.2) is 0 Å². The van der Waals surface area contributed by atoms with Crippen LogP contribution in [-0.2, 0) is 11.3 Å². The fourth-order valence-corrected chi connectivity index (χ4v) is 2.05. The third-order valence-corrected chi connectivity index (χ3v) is 3.41. The summed E-state index contributed by atoms with van der Waals surface area (Å²) in [7, 11) is 3.40. The summed E-state index contributed by atoms with van der Waals surface area (Å²) < 4.78 is 10.4. The van der Waals surface area contributed by atoms with Gasteiger partial charge < -0.3 is 15.2 Å². The molecule has 0 amide bonds. The van der Waals surface area contributed by atoms with Crippen molar-refractivity contribution in [3.8, 4) is 5.75 Å². The number of ether oxygens (including phenoxy) is 2. The molecular formula is C15H26N2O2. The third-order valence-electron chi connectivity index (χ3n) is 3.41. The predicted octanol–water partition coefficient (Wildman–Crippen LogP) is 2.52. The van der Waals surface area contributed by atoms with Crippen molar-refractivity contribution in [3.05, 3.63) is 23.8 Å². The monoisotopic (exact) mass is 266 g/mol. The molecular weight excluding hydrogens is 240 g/mol. The van der Waals surface area contributed by atoms with E-state index in [9.17, 15) is 0 Å². The molecule has 0 aliphatic heterocycles. The first-order chi connectivity index (χ1) is 9.10. The first-order valence-electron chi connectivity index (χ1n) is 6.77. The minimum atomic E-state index is 0.516. The quantitative estimate of drug-likeness (QED) is 0.735. The molecule has 0 heterocycles. The van der Waals surface area contributed by atoms with E-state index in [-0.39, 0.29) is 0 Å². The van der Waals surface area contributed by atoms with E-state index in [1.165, 1.54) is 5.56 Å². The van der Waals surface area contributed by atoms with Crippen LogP contribution >= 0.6 is 0 Å². The highest BCUT2D eigenvalue weighted by Crippen LogP contribution is 2.20. The third kappa shape index (κ3) is 5.09. The molecule has 0 saturated carbocycles.